The van der Waals surface area contributed by atoms with Crippen LogP contribution in [0.2, 0.25) is 0 Å². The van der Waals surface area contributed by atoms with E-state index in [1.807, 2.05) is 24.3 Å². The van der Waals surface area contributed by atoms with Crippen LogP contribution in [0.3, 0.4) is 0 Å². The molecule has 2 aromatic carbocycles. The molecular formula is C19H17BrN2O4. The van der Waals surface area contributed by atoms with Crippen molar-refractivity contribution in [3.63, 3.8) is 0 Å². The van der Waals surface area contributed by atoms with Crippen molar-refractivity contribution in [2.24, 2.45) is 5.92 Å². The number of carbonyl (C=O) groups is 3. The van der Waals surface area contributed by atoms with E-state index in [2.05, 4.69) is 26.0 Å². The number of hydrogen-bond donors (Lipinski definition) is 1. The maximum Gasteiger partial charge on any atom is 0.337 e. The Kier molecular flexibility index (Phi) is 5.37. The molecule has 1 aliphatic heterocycles. The van der Waals surface area contributed by atoms with Crippen molar-refractivity contribution < 1.29 is 19.1 Å². The number of amides is 2. The van der Waals surface area contributed by atoms with E-state index < -0.39 is 11.9 Å². The first-order chi connectivity index (χ1) is 12.5. The number of nitrogens with zero attached hydrogens (tertiary/aromatic N) is 1. The van der Waals surface area contributed by atoms with Crippen LogP contribution in [0.4, 0.5) is 11.4 Å². The van der Waals surface area contributed by atoms with E-state index in [9.17, 15) is 14.4 Å². The normalized spacial score (nSPS) is 16.5. The van der Waals surface area contributed by atoms with Crippen molar-refractivity contribution >= 4 is 45.1 Å². The maximum absolute atomic E-state index is 12.6. The van der Waals surface area contributed by atoms with E-state index in [0.29, 0.717) is 17.8 Å². The minimum absolute atomic E-state index is 0.0969. The largest absolute Gasteiger partial charge is 0.465 e. The Labute approximate surface area is 159 Å². The average Bonchev–Trinajstić information content (AvgIpc) is 3.03. The highest BCUT2D eigenvalue weighted by Crippen LogP contribution is 2.31. The quantitative estimate of drug-likeness (QED) is 0.776. The third kappa shape index (κ3) is 3.77. The zero-order valence-corrected chi connectivity index (χ0v) is 15.7. The third-order valence-corrected chi connectivity index (χ3v) is 4.86. The topological polar surface area (TPSA) is 75.7 Å². The number of hydrogen-bond acceptors (Lipinski definition) is 4. The first kappa shape index (κ1) is 18.1. The Bertz CT molecular complexity index is 868. The lowest BCUT2D eigenvalue weighted by Gasteiger charge is -2.18. The second-order valence-corrected chi connectivity index (χ2v) is 6.77. The Morgan fingerprint density at radius 1 is 1.19 bits per heavy atom. The summed E-state index contributed by atoms with van der Waals surface area (Å²) in [7, 11) is 1.30. The van der Waals surface area contributed by atoms with Crippen molar-refractivity contribution in [3.8, 4) is 0 Å². The first-order valence-electron chi connectivity index (χ1n) is 8.03. The smallest absolute Gasteiger partial charge is 0.337 e. The predicted octanol–water partition coefficient (Wildman–Crippen LogP) is 3.23. The zero-order valence-electron chi connectivity index (χ0n) is 14.1. The summed E-state index contributed by atoms with van der Waals surface area (Å²) in [5.74, 6) is -1.29. The first-order valence-corrected chi connectivity index (χ1v) is 8.83. The molecule has 0 spiro atoms. The number of rotatable bonds is 4. The number of esters is 1. The van der Waals surface area contributed by atoms with Gasteiger partial charge in [-0.25, -0.2) is 4.79 Å². The number of nitrogens with one attached hydrogen (secondary N) is 1. The molecule has 1 atom stereocenters. The van der Waals surface area contributed by atoms with E-state index in [4.69, 9.17) is 0 Å². The van der Waals surface area contributed by atoms with Gasteiger partial charge in [-0.2, -0.15) is 0 Å². The van der Waals surface area contributed by atoms with Crippen LogP contribution in [-0.4, -0.2) is 31.4 Å². The molecule has 0 aromatic heterocycles. The SMILES string of the molecule is COC(=O)c1cccc(NC(=O)[C@@H]2CC(=O)N(c3ccccc3Br)C2)c1. The Hall–Kier alpha value is -2.67. The lowest BCUT2D eigenvalue weighted by molar-refractivity contribution is -0.122. The summed E-state index contributed by atoms with van der Waals surface area (Å²) in [6, 6.07) is 13.9. The summed E-state index contributed by atoms with van der Waals surface area (Å²) >= 11 is 3.43. The third-order valence-electron chi connectivity index (χ3n) is 4.19. The van der Waals surface area contributed by atoms with Crippen molar-refractivity contribution in [1.82, 2.24) is 0 Å². The highest BCUT2D eigenvalue weighted by Gasteiger charge is 2.35. The van der Waals surface area contributed by atoms with Crippen LogP contribution in [0.25, 0.3) is 0 Å². The van der Waals surface area contributed by atoms with Crippen molar-refractivity contribution in [2.45, 2.75) is 6.42 Å². The predicted molar refractivity (Wildman–Crippen MR) is 101 cm³/mol. The molecule has 0 unspecified atom stereocenters. The summed E-state index contributed by atoms with van der Waals surface area (Å²) in [4.78, 5) is 38.1. The summed E-state index contributed by atoms with van der Waals surface area (Å²) in [5.41, 5.74) is 1.59. The number of ether oxygens (including phenoxy) is 1. The fourth-order valence-corrected chi connectivity index (χ4v) is 3.37. The van der Waals surface area contributed by atoms with Crippen molar-refractivity contribution in [2.75, 3.05) is 23.9 Å². The molecule has 1 fully saturated rings. The second-order valence-electron chi connectivity index (χ2n) is 5.92. The molecule has 0 aliphatic carbocycles. The van der Waals surface area contributed by atoms with Crippen molar-refractivity contribution in [1.29, 1.82) is 0 Å². The van der Waals surface area contributed by atoms with Crippen molar-refractivity contribution in [3.05, 3.63) is 58.6 Å². The van der Waals surface area contributed by atoms with Gasteiger partial charge in [-0.05, 0) is 46.3 Å². The van der Waals surface area contributed by atoms with Crippen LogP contribution in [0.1, 0.15) is 16.8 Å². The lowest BCUT2D eigenvalue weighted by Crippen LogP contribution is -2.28. The molecule has 26 heavy (non-hydrogen) atoms. The molecule has 134 valence electrons. The summed E-state index contributed by atoms with van der Waals surface area (Å²) in [5, 5.41) is 2.77. The van der Waals surface area contributed by atoms with Gasteiger partial charge in [-0.15, -0.1) is 0 Å². The Morgan fingerprint density at radius 3 is 2.69 bits per heavy atom. The van der Waals surface area contributed by atoms with Gasteiger partial charge in [0.25, 0.3) is 0 Å². The number of carbonyl (C=O) groups excluding carboxylic acids is 3. The van der Waals surface area contributed by atoms with Gasteiger partial charge >= 0.3 is 5.97 Å². The van der Waals surface area contributed by atoms with E-state index >= 15 is 0 Å². The number of anilines is 2. The van der Waals surface area contributed by atoms with Crippen LogP contribution in [0.5, 0.6) is 0 Å². The molecule has 0 bridgehead atoms. The average molecular weight is 417 g/mol. The minimum atomic E-state index is -0.475. The summed E-state index contributed by atoms with van der Waals surface area (Å²) < 4.78 is 5.48. The molecular weight excluding hydrogens is 400 g/mol. The highest BCUT2D eigenvalue weighted by molar-refractivity contribution is 9.10. The Balaban J connectivity index is 1.71. The standard InChI is InChI=1S/C19H17BrN2O4/c1-26-19(25)12-5-4-6-14(9-12)21-18(24)13-10-17(23)22(11-13)16-8-3-2-7-15(16)20/h2-9,13H,10-11H2,1H3,(H,21,24)/t13-/m1/s1. The fraction of sp³-hybridized carbons (Fsp3) is 0.211. The lowest BCUT2D eigenvalue weighted by atomic mass is 10.1. The van der Waals surface area contributed by atoms with E-state index in [1.165, 1.54) is 7.11 Å². The van der Waals surface area contributed by atoms with Gasteiger partial charge in [0.15, 0.2) is 0 Å². The van der Waals surface area contributed by atoms with E-state index in [0.717, 1.165) is 10.2 Å². The zero-order chi connectivity index (χ0) is 18.7. The van der Waals surface area contributed by atoms with Crippen LogP contribution in [-0.2, 0) is 14.3 Å². The van der Waals surface area contributed by atoms with Gasteiger partial charge in [-0.1, -0.05) is 18.2 Å². The number of para-hydroxylation sites is 1. The van der Waals surface area contributed by atoms with Gasteiger partial charge in [0.2, 0.25) is 11.8 Å². The summed E-state index contributed by atoms with van der Waals surface area (Å²) in [6.45, 7) is 0.309. The highest BCUT2D eigenvalue weighted by atomic mass is 79.9. The van der Waals surface area contributed by atoms with Crippen LogP contribution >= 0.6 is 15.9 Å². The maximum atomic E-state index is 12.6. The number of benzene rings is 2. The molecule has 2 aromatic rings. The van der Waals surface area contributed by atoms with Gasteiger partial charge in [0, 0.05) is 23.1 Å². The fourth-order valence-electron chi connectivity index (χ4n) is 2.87. The summed E-state index contributed by atoms with van der Waals surface area (Å²) in [6.07, 6.45) is 0.143. The molecule has 1 saturated heterocycles. The molecule has 1 N–H and O–H groups in total. The minimum Gasteiger partial charge on any atom is -0.465 e. The molecule has 0 saturated carbocycles. The van der Waals surface area contributed by atoms with Crippen LogP contribution in [0, 0.1) is 5.92 Å². The Morgan fingerprint density at radius 2 is 1.96 bits per heavy atom. The van der Waals surface area contributed by atoms with Gasteiger partial charge < -0.3 is 15.0 Å². The van der Waals surface area contributed by atoms with Crippen LogP contribution < -0.4 is 10.2 Å². The molecule has 2 amide bonds. The van der Waals surface area contributed by atoms with Gasteiger partial charge in [0.1, 0.15) is 0 Å². The van der Waals surface area contributed by atoms with E-state index in [-0.39, 0.29) is 18.2 Å². The van der Waals surface area contributed by atoms with Gasteiger partial charge in [-0.3, -0.25) is 9.59 Å². The molecule has 1 heterocycles. The van der Waals surface area contributed by atoms with Crippen LogP contribution in [0.15, 0.2) is 53.0 Å². The second kappa shape index (κ2) is 7.70. The molecule has 7 heteroatoms. The number of halogens is 1. The van der Waals surface area contributed by atoms with Gasteiger partial charge in [0.05, 0.1) is 24.3 Å². The number of methoxy groups -OCH3 is 1. The van der Waals surface area contributed by atoms with E-state index in [1.54, 1.807) is 29.2 Å². The molecule has 6 nitrogen and oxygen atoms in total. The molecule has 1 aliphatic rings. The molecule has 3 rings (SSSR count). The molecule has 0 radical (unpaired) electrons. The monoisotopic (exact) mass is 416 g/mol.